The van der Waals surface area contributed by atoms with Crippen molar-refractivity contribution in [3.63, 3.8) is 0 Å². The zero-order valence-electron chi connectivity index (χ0n) is 21.9. The Kier molecular flexibility index (Phi) is 9.63. The minimum absolute atomic E-state index is 0.0275. The van der Waals surface area contributed by atoms with Crippen LogP contribution in [0.2, 0.25) is 0 Å². The molecule has 4 nitrogen and oxygen atoms in total. The zero-order valence-corrected chi connectivity index (χ0v) is 21.9. The summed E-state index contributed by atoms with van der Waals surface area (Å²) in [6.45, 7) is 2.63. The number of hydrogen-bond acceptors (Lipinski definition) is 2. The highest BCUT2D eigenvalue weighted by Gasteiger charge is 2.30. The highest BCUT2D eigenvalue weighted by atomic mass is 19.1. The van der Waals surface area contributed by atoms with Gasteiger partial charge in [-0.3, -0.25) is 9.59 Å². The average molecular weight is 511 g/mol. The maximum absolute atomic E-state index is 14.7. The molecule has 0 fully saturated rings. The highest BCUT2D eigenvalue weighted by molar-refractivity contribution is 5.89. The predicted octanol–water partition coefficient (Wildman–Crippen LogP) is 6.47. The van der Waals surface area contributed by atoms with E-state index in [2.05, 4.69) is 30.4 Å². The number of unbranched alkanes of at least 4 members (excludes halogenated alkanes) is 1. The topological polar surface area (TPSA) is 49.4 Å². The first-order valence-electron chi connectivity index (χ1n) is 13.4. The van der Waals surface area contributed by atoms with Gasteiger partial charge in [-0.2, -0.15) is 0 Å². The van der Waals surface area contributed by atoms with Crippen LogP contribution in [0.25, 0.3) is 10.8 Å². The fraction of sp³-hybridized carbons (Fsp3) is 0.273. The van der Waals surface area contributed by atoms with Gasteiger partial charge < -0.3 is 10.2 Å². The van der Waals surface area contributed by atoms with Crippen molar-refractivity contribution < 1.29 is 14.0 Å². The number of halogens is 1. The molecule has 38 heavy (non-hydrogen) atoms. The molecule has 0 aliphatic rings. The fourth-order valence-electron chi connectivity index (χ4n) is 4.77. The van der Waals surface area contributed by atoms with E-state index in [4.69, 9.17) is 0 Å². The molecule has 2 amide bonds. The Hall–Kier alpha value is -3.99. The van der Waals surface area contributed by atoms with Crippen LogP contribution < -0.4 is 5.32 Å². The summed E-state index contributed by atoms with van der Waals surface area (Å²) in [5.74, 6) is -0.769. The second kappa shape index (κ2) is 13.5. The van der Waals surface area contributed by atoms with E-state index in [0.29, 0.717) is 24.9 Å². The molecule has 0 aliphatic heterocycles. The van der Waals surface area contributed by atoms with E-state index in [1.165, 1.54) is 6.07 Å². The Balaban J connectivity index is 1.63. The molecule has 4 aromatic rings. The molecule has 0 radical (unpaired) electrons. The molecular formula is C33H35FN2O2. The van der Waals surface area contributed by atoms with Crippen LogP contribution in [0.1, 0.15) is 42.9 Å². The minimum atomic E-state index is -0.756. The molecule has 4 rings (SSSR count). The largest absolute Gasteiger partial charge is 0.354 e. The van der Waals surface area contributed by atoms with E-state index < -0.39 is 6.04 Å². The van der Waals surface area contributed by atoms with Gasteiger partial charge in [0.1, 0.15) is 11.9 Å². The first-order valence-corrected chi connectivity index (χ1v) is 13.4. The zero-order chi connectivity index (χ0) is 26.7. The number of amides is 2. The van der Waals surface area contributed by atoms with E-state index in [-0.39, 0.29) is 30.6 Å². The molecule has 1 atom stereocenters. The van der Waals surface area contributed by atoms with Crippen molar-refractivity contribution in [3.8, 4) is 0 Å². The van der Waals surface area contributed by atoms with Gasteiger partial charge >= 0.3 is 0 Å². The third kappa shape index (κ3) is 7.06. The molecule has 0 bridgehead atoms. The van der Waals surface area contributed by atoms with Gasteiger partial charge in [-0.05, 0) is 40.8 Å². The summed E-state index contributed by atoms with van der Waals surface area (Å²) >= 11 is 0. The lowest BCUT2D eigenvalue weighted by Crippen LogP contribution is -2.50. The quantitative estimate of drug-likeness (QED) is 0.222. The van der Waals surface area contributed by atoms with Crippen molar-refractivity contribution in [2.75, 3.05) is 6.54 Å². The summed E-state index contributed by atoms with van der Waals surface area (Å²) < 4.78 is 14.7. The monoisotopic (exact) mass is 510 g/mol. The number of rotatable bonds is 12. The summed E-state index contributed by atoms with van der Waals surface area (Å²) in [5.41, 5.74) is 2.42. The Bertz CT molecular complexity index is 1350. The third-order valence-electron chi connectivity index (χ3n) is 6.89. The maximum Gasteiger partial charge on any atom is 0.243 e. The number of nitrogens with one attached hydrogen (secondary N) is 1. The lowest BCUT2D eigenvalue weighted by atomic mass is 9.99. The Morgan fingerprint density at radius 2 is 1.53 bits per heavy atom. The Morgan fingerprint density at radius 3 is 2.32 bits per heavy atom. The van der Waals surface area contributed by atoms with Gasteiger partial charge in [-0.1, -0.05) is 104 Å². The van der Waals surface area contributed by atoms with Gasteiger partial charge in [-0.15, -0.1) is 0 Å². The van der Waals surface area contributed by atoms with Gasteiger partial charge in [0.05, 0.1) is 0 Å². The van der Waals surface area contributed by atoms with E-state index in [0.717, 1.165) is 34.7 Å². The van der Waals surface area contributed by atoms with Crippen LogP contribution in [0.3, 0.4) is 0 Å². The van der Waals surface area contributed by atoms with E-state index >= 15 is 0 Å². The average Bonchev–Trinajstić information content (AvgIpc) is 2.95. The molecule has 0 aromatic heterocycles. The van der Waals surface area contributed by atoms with Gasteiger partial charge in [0.15, 0.2) is 0 Å². The third-order valence-corrected chi connectivity index (χ3v) is 6.89. The number of carbonyl (C=O) groups excluding carboxylic acids is 2. The maximum atomic E-state index is 14.7. The fourth-order valence-corrected chi connectivity index (χ4v) is 4.77. The normalized spacial score (nSPS) is 11.7. The van der Waals surface area contributed by atoms with Gasteiger partial charge in [-0.25, -0.2) is 4.39 Å². The molecule has 4 aromatic carbocycles. The van der Waals surface area contributed by atoms with Crippen LogP contribution in [0.15, 0.2) is 97.1 Å². The smallest absolute Gasteiger partial charge is 0.243 e. The molecule has 0 unspecified atom stereocenters. The van der Waals surface area contributed by atoms with Gasteiger partial charge in [0, 0.05) is 31.5 Å². The molecule has 0 saturated carbocycles. The second-order valence-corrected chi connectivity index (χ2v) is 9.60. The molecular weight excluding hydrogens is 475 g/mol. The molecule has 0 heterocycles. The van der Waals surface area contributed by atoms with Crippen molar-refractivity contribution in [2.45, 2.75) is 51.6 Å². The highest BCUT2D eigenvalue weighted by Crippen LogP contribution is 2.22. The van der Waals surface area contributed by atoms with E-state index in [1.807, 2.05) is 54.6 Å². The molecule has 0 saturated heterocycles. The molecule has 196 valence electrons. The summed E-state index contributed by atoms with van der Waals surface area (Å²) in [7, 11) is 0. The van der Waals surface area contributed by atoms with Crippen LogP contribution >= 0.6 is 0 Å². The molecule has 5 heteroatoms. The second-order valence-electron chi connectivity index (χ2n) is 9.60. The van der Waals surface area contributed by atoms with Crippen LogP contribution in [0.4, 0.5) is 4.39 Å². The number of carbonyl (C=O) groups is 2. The number of benzene rings is 4. The number of nitrogens with zero attached hydrogens (tertiary/aromatic N) is 1. The molecule has 0 spiro atoms. The number of hydrogen-bond donors (Lipinski definition) is 1. The van der Waals surface area contributed by atoms with Crippen molar-refractivity contribution in [1.29, 1.82) is 0 Å². The van der Waals surface area contributed by atoms with Crippen molar-refractivity contribution >= 4 is 22.6 Å². The van der Waals surface area contributed by atoms with Crippen LogP contribution in [-0.2, 0) is 29.0 Å². The van der Waals surface area contributed by atoms with Crippen LogP contribution in [0, 0.1) is 5.82 Å². The summed E-state index contributed by atoms with van der Waals surface area (Å²) in [6, 6.07) is 29.6. The standard InChI is InChI=1S/C33H35FN2O2/c1-2-3-22-35-33(38)31(23-25-12-5-4-6-13-25)36(24-28-15-8-10-19-30(28)34)32(37)21-20-27-17-11-16-26-14-7-9-18-29(26)27/h4-19,31H,2-3,20-24H2,1H3,(H,35,38)/t31-/m1/s1. The Morgan fingerprint density at radius 1 is 0.842 bits per heavy atom. The van der Waals surface area contributed by atoms with Crippen molar-refractivity contribution in [1.82, 2.24) is 10.2 Å². The lowest BCUT2D eigenvalue weighted by Gasteiger charge is -2.32. The van der Waals surface area contributed by atoms with Crippen LogP contribution in [0.5, 0.6) is 0 Å². The van der Waals surface area contributed by atoms with Gasteiger partial charge in [0.25, 0.3) is 0 Å². The van der Waals surface area contributed by atoms with E-state index in [1.54, 1.807) is 23.1 Å². The first-order chi connectivity index (χ1) is 18.6. The van der Waals surface area contributed by atoms with E-state index in [9.17, 15) is 14.0 Å². The minimum Gasteiger partial charge on any atom is -0.354 e. The van der Waals surface area contributed by atoms with Crippen molar-refractivity contribution in [2.24, 2.45) is 0 Å². The summed E-state index contributed by atoms with van der Waals surface area (Å²) in [4.78, 5) is 28.9. The molecule has 0 aliphatic carbocycles. The summed E-state index contributed by atoms with van der Waals surface area (Å²) in [6.07, 6.45) is 2.91. The number of fused-ring (bicyclic) bond motifs is 1. The number of aryl methyl sites for hydroxylation is 1. The van der Waals surface area contributed by atoms with Crippen LogP contribution in [-0.4, -0.2) is 29.3 Å². The first kappa shape index (κ1) is 27.1. The summed E-state index contributed by atoms with van der Waals surface area (Å²) in [5, 5.41) is 5.25. The SMILES string of the molecule is CCCCNC(=O)[C@@H](Cc1ccccc1)N(Cc1ccccc1F)C(=O)CCc1cccc2ccccc12. The Labute approximate surface area is 224 Å². The lowest BCUT2D eigenvalue weighted by molar-refractivity contribution is -0.141. The van der Waals surface area contributed by atoms with Gasteiger partial charge in [0.2, 0.25) is 11.8 Å². The molecule has 1 N–H and O–H groups in total. The predicted molar refractivity (Wildman–Crippen MR) is 151 cm³/mol. The van der Waals surface area contributed by atoms with Crippen molar-refractivity contribution in [3.05, 3.63) is 120 Å².